The van der Waals surface area contributed by atoms with Crippen LogP contribution in [0.4, 0.5) is 5.69 Å². The Kier molecular flexibility index (Phi) is 5.17. The molecular formula is C27H22Cl2N2O4. The normalized spacial score (nSPS) is 29.7. The van der Waals surface area contributed by atoms with Crippen molar-refractivity contribution < 1.29 is 19.2 Å². The van der Waals surface area contributed by atoms with Gasteiger partial charge < -0.3 is 0 Å². The van der Waals surface area contributed by atoms with Crippen molar-refractivity contribution in [1.29, 1.82) is 0 Å². The quantitative estimate of drug-likeness (QED) is 0.328. The Morgan fingerprint density at radius 1 is 0.886 bits per heavy atom. The van der Waals surface area contributed by atoms with Crippen LogP contribution >= 0.6 is 23.2 Å². The van der Waals surface area contributed by atoms with Crippen LogP contribution in [0, 0.1) is 35.5 Å². The predicted octanol–water partition coefficient (Wildman–Crippen LogP) is 4.85. The number of nitrogens with zero attached hydrogens (tertiary/aromatic N) is 2. The summed E-state index contributed by atoms with van der Waals surface area (Å²) in [4.78, 5) is 55.0. The third-order valence-electron chi connectivity index (χ3n) is 8.03. The van der Waals surface area contributed by atoms with E-state index in [1.165, 1.54) is 28.9 Å². The van der Waals surface area contributed by atoms with Gasteiger partial charge in [0.2, 0.25) is 11.8 Å². The summed E-state index contributed by atoms with van der Waals surface area (Å²) in [7, 11) is 0. The molecule has 2 bridgehead atoms. The van der Waals surface area contributed by atoms with Crippen LogP contribution in [0.1, 0.15) is 34.1 Å². The first-order valence-corrected chi connectivity index (χ1v) is 12.4. The molecule has 3 fully saturated rings. The van der Waals surface area contributed by atoms with Crippen molar-refractivity contribution in [3.05, 3.63) is 75.8 Å². The minimum absolute atomic E-state index is 0.102. The zero-order valence-corrected chi connectivity index (χ0v) is 20.4. The van der Waals surface area contributed by atoms with E-state index < -0.39 is 5.91 Å². The highest BCUT2D eigenvalue weighted by Crippen LogP contribution is 2.65. The average molecular weight is 509 g/mol. The van der Waals surface area contributed by atoms with E-state index in [1.54, 1.807) is 30.3 Å². The Labute approximate surface area is 212 Å². The number of halogens is 2. The number of likely N-dealkylation sites (tertiary alicyclic amines) is 1. The van der Waals surface area contributed by atoms with E-state index in [1.807, 2.05) is 0 Å². The average Bonchev–Trinajstić information content (AvgIpc) is 3.64. The van der Waals surface area contributed by atoms with Crippen molar-refractivity contribution in [2.24, 2.45) is 35.5 Å². The SMILES string of the molecule is CC(=O)c1ccc(N(CN2C(=O)C3C4C=CC(C5CC45)C3C2=O)C(=O)c2ccc(Cl)c(Cl)c2)cc1. The van der Waals surface area contributed by atoms with Crippen LogP contribution in [0.3, 0.4) is 0 Å². The fourth-order valence-corrected chi connectivity index (χ4v) is 6.52. The Morgan fingerprint density at radius 2 is 1.46 bits per heavy atom. The number of amides is 3. The molecule has 0 aromatic heterocycles. The second-order valence-electron chi connectivity index (χ2n) is 9.87. The summed E-state index contributed by atoms with van der Waals surface area (Å²) >= 11 is 12.2. The number of ketones is 1. The molecule has 0 radical (unpaired) electrons. The molecule has 35 heavy (non-hydrogen) atoms. The van der Waals surface area contributed by atoms with Gasteiger partial charge in [-0.3, -0.25) is 29.0 Å². The van der Waals surface area contributed by atoms with E-state index in [4.69, 9.17) is 23.2 Å². The highest BCUT2D eigenvalue weighted by Gasteiger charge is 2.67. The zero-order valence-electron chi connectivity index (χ0n) is 18.9. The highest BCUT2D eigenvalue weighted by molar-refractivity contribution is 6.42. The molecule has 6 nitrogen and oxygen atoms in total. The molecule has 3 amide bonds. The molecule has 2 aromatic carbocycles. The van der Waals surface area contributed by atoms with Crippen molar-refractivity contribution in [2.75, 3.05) is 11.6 Å². The molecule has 4 aliphatic carbocycles. The van der Waals surface area contributed by atoms with Crippen molar-refractivity contribution in [3.8, 4) is 0 Å². The summed E-state index contributed by atoms with van der Waals surface area (Å²) in [5.74, 6) is -0.448. The number of hydrogen-bond acceptors (Lipinski definition) is 4. The van der Waals surface area contributed by atoms with Crippen molar-refractivity contribution in [1.82, 2.24) is 4.90 Å². The molecule has 6 atom stereocenters. The summed E-state index contributed by atoms with van der Waals surface area (Å²) < 4.78 is 0. The second-order valence-corrected chi connectivity index (χ2v) is 10.7. The van der Waals surface area contributed by atoms with Crippen molar-refractivity contribution in [3.63, 3.8) is 0 Å². The number of allylic oxidation sites excluding steroid dienone is 2. The number of carbonyl (C=O) groups excluding carboxylic acids is 4. The molecule has 2 saturated carbocycles. The first kappa shape index (κ1) is 22.5. The number of benzene rings is 2. The molecule has 1 aliphatic heterocycles. The maximum atomic E-state index is 13.6. The van der Waals surface area contributed by atoms with Crippen LogP contribution < -0.4 is 4.90 Å². The van der Waals surface area contributed by atoms with E-state index in [0.717, 1.165) is 6.42 Å². The largest absolute Gasteiger partial charge is 0.295 e. The monoisotopic (exact) mass is 508 g/mol. The van der Waals surface area contributed by atoms with Gasteiger partial charge in [-0.05, 0) is 79.5 Å². The molecule has 7 rings (SSSR count). The lowest BCUT2D eigenvalue weighted by Gasteiger charge is -2.37. The minimum atomic E-state index is -0.432. The molecule has 6 unspecified atom stereocenters. The highest BCUT2D eigenvalue weighted by atomic mass is 35.5. The Bertz CT molecular complexity index is 1280. The van der Waals surface area contributed by atoms with Crippen molar-refractivity contribution >= 4 is 52.4 Å². The van der Waals surface area contributed by atoms with Crippen LogP contribution in [0.15, 0.2) is 54.6 Å². The summed E-state index contributed by atoms with van der Waals surface area (Å²) in [6.07, 6.45) is 5.32. The molecule has 0 spiro atoms. The minimum Gasteiger partial charge on any atom is -0.295 e. The summed E-state index contributed by atoms with van der Waals surface area (Å²) in [6, 6.07) is 11.1. The molecule has 1 saturated heterocycles. The number of Topliss-reactive ketones (excluding diaryl/α,β-unsaturated/α-hetero) is 1. The van der Waals surface area contributed by atoms with Crippen LogP contribution in [-0.2, 0) is 9.59 Å². The number of hydrogen-bond donors (Lipinski definition) is 0. The van der Waals surface area contributed by atoms with E-state index in [0.29, 0.717) is 28.1 Å². The van der Waals surface area contributed by atoms with Gasteiger partial charge in [0, 0.05) is 16.8 Å². The van der Waals surface area contributed by atoms with Crippen molar-refractivity contribution in [2.45, 2.75) is 13.3 Å². The third-order valence-corrected chi connectivity index (χ3v) is 8.77. The number of anilines is 1. The number of imide groups is 1. The summed E-state index contributed by atoms with van der Waals surface area (Å²) in [5, 5.41) is 0.543. The first-order valence-electron chi connectivity index (χ1n) is 11.7. The first-order chi connectivity index (χ1) is 16.8. The predicted molar refractivity (Wildman–Crippen MR) is 131 cm³/mol. The van der Waals surface area contributed by atoms with Gasteiger partial charge in [0.1, 0.15) is 6.67 Å². The summed E-state index contributed by atoms with van der Waals surface area (Å²) in [5.41, 5.74) is 1.23. The Hall–Kier alpha value is -2.96. The lowest BCUT2D eigenvalue weighted by atomic mass is 9.63. The Morgan fingerprint density at radius 3 is 2.00 bits per heavy atom. The fourth-order valence-electron chi connectivity index (χ4n) is 6.22. The Balaban J connectivity index is 1.35. The van der Waals surface area contributed by atoms with Crippen LogP contribution in [-0.4, -0.2) is 35.1 Å². The standard InChI is InChI=1S/C27H22Cl2N2O4/c1-13(32)14-2-5-16(6-3-14)30(25(33)15-4-9-21(28)22(29)10-15)12-31-26(34)23-17-7-8-18(20-11-19(17)20)24(23)27(31)35/h2-10,17-20,23-24H,11-12H2,1H3. The van der Waals surface area contributed by atoms with E-state index in [9.17, 15) is 19.2 Å². The number of rotatable bonds is 5. The van der Waals surface area contributed by atoms with Gasteiger partial charge >= 0.3 is 0 Å². The van der Waals surface area contributed by atoms with Crippen LogP contribution in [0.5, 0.6) is 0 Å². The maximum absolute atomic E-state index is 13.6. The van der Waals surface area contributed by atoms with E-state index in [2.05, 4.69) is 12.2 Å². The number of carbonyl (C=O) groups is 4. The molecule has 2 aromatic rings. The van der Waals surface area contributed by atoms with E-state index in [-0.39, 0.29) is 58.5 Å². The van der Waals surface area contributed by atoms with Gasteiger partial charge in [0.05, 0.1) is 21.9 Å². The second kappa shape index (κ2) is 8.04. The topological polar surface area (TPSA) is 74.8 Å². The smallest absolute Gasteiger partial charge is 0.259 e. The molecule has 5 aliphatic rings. The molecule has 0 N–H and O–H groups in total. The lowest BCUT2D eigenvalue weighted by molar-refractivity contribution is -0.140. The van der Waals surface area contributed by atoms with Crippen LogP contribution in [0.25, 0.3) is 0 Å². The molecule has 8 heteroatoms. The fraction of sp³-hybridized carbons (Fsp3) is 0.333. The summed E-state index contributed by atoms with van der Waals surface area (Å²) in [6.45, 7) is 1.25. The maximum Gasteiger partial charge on any atom is 0.259 e. The van der Waals surface area contributed by atoms with Crippen LogP contribution in [0.2, 0.25) is 10.0 Å². The molecular weight excluding hydrogens is 487 g/mol. The zero-order chi connectivity index (χ0) is 24.6. The van der Waals surface area contributed by atoms with Gasteiger partial charge in [0.25, 0.3) is 5.91 Å². The third kappa shape index (κ3) is 3.46. The van der Waals surface area contributed by atoms with E-state index >= 15 is 0 Å². The van der Waals surface area contributed by atoms with Gasteiger partial charge in [-0.2, -0.15) is 0 Å². The molecule has 178 valence electrons. The van der Waals surface area contributed by atoms with Gasteiger partial charge in [-0.15, -0.1) is 0 Å². The lowest BCUT2D eigenvalue weighted by Crippen LogP contribution is -2.45. The van der Waals surface area contributed by atoms with Gasteiger partial charge in [-0.25, -0.2) is 0 Å². The van der Waals surface area contributed by atoms with Gasteiger partial charge in [-0.1, -0.05) is 35.4 Å². The van der Waals surface area contributed by atoms with Gasteiger partial charge in [0.15, 0.2) is 5.78 Å². The molecule has 1 heterocycles.